The van der Waals surface area contributed by atoms with Gasteiger partial charge in [-0.3, -0.25) is 4.79 Å². The summed E-state index contributed by atoms with van der Waals surface area (Å²) in [6.07, 6.45) is 1.64. The molecule has 1 saturated carbocycles. The minimum absolute atomic E-state index is 0.0312. The zero-order chi connectivity index (χ0) is 18.4. The molecule has 5 rings (SSSR count). The Balaban J connectivity index is 1.36. The first-order valence-electron chi connectivity index (χ1n) is 8.57. The number of carbonyl (C=O) groups excluding carboxylic acids is 1. The summed E-state index contributed by atoms with van der Waals surface area (Å²) < 4.78 is 10.8. The fourth-order valence-corrected chi connectivity index (χ4v) is 4.20. The standard InChI is InChI=1S/C20H15ClN2O3S/c21-14-3-1-2-13(9-14)20(6-7-20)18(24)23-19-22-15(10-27-19)12-4-5-16-17(8-12)26-11-25-16/h1-5,8-10H,6-7,11H2,(H,22,23,24). The first kappa shape index (κ1) is 16.6. The van der Waals surface area contributed by atoms with E-state index in [1.807, 2.05) is 47.8 Å². The fraction of sp³-hybridized carbons (Fsp3) is 0.200. The Labute approximate surface area is 164 Å². The molecule has 0 spiro atoms. The van der Waals surface area contributed by atoms with Gasteiger partial charge in [-0.2, -0.15) is 0 Å². The maximum atomic E-state index is 12.9. The van der Waals surface area contributed by atoms with E-state index in [4.69, 9.17) is 21.1 Å². The molecule has 1 N–H and O–H groups in total. The molecule has 3 aromatic rings. The van der Waals surface area contributed by atoms with Crippen LogP contribution >= 0.6 is 22.9 Å². The Morgan fingerprint density at radius 2 is 2.00 bits per heavy atom. The SMILES string of the molecule is O=C(Nc1nc(-c2ccc3c(c2)OCO3)cs1)C1(c2cccc(Cl)c2)CC1. The van der Waals surface area contributed by atoms with Crippen LogP contribution in [0.2, 0.25) is 5.02 Å². The van der Waals surface area contributed by atoms with Crippen LogP contribution in [0.1, 0.15) is 18.4 Å². The molecule has 1 aliphatic heterocycles. The fourth-order valence-electron chi connectivity index (χ4n) is 3.29. The number of rotatable bonds is 4. The van der Waals surface area contributed by atoms with E-state index < -0.39 is 5.41 Å². The summed E-state index contributed by atoms with van der Waals surface area (Å²) in [5.74, 6) is 1.42. The second kappa shape index (κ2) is 6.25. The average molecular weight is 399 g/mol. The highest BCUT2D eigenvalue weighted by atomic mass is 35.5. The lowest BCUT2D eigenvalue weighted by Crippen LogP contribution is -2.27. The van der Waals surface area contributed by atoms with Crippen molar-refractivity contribution in [2.24, 2.45) is 0 Å². The van der Waals surface area contributed by atoms with E-state index in [-0.39, 0.29) is 12.7 Å². The van der Waals surface area contributed by atoms with Crippen molar-refractivity contribution in [1.82, 2.24) is 4.98 Å². The monoisotopic (exact) mass is 398 g/mol. The van der Waals surface area contributed by atoms with Crippen molar-refractivity contribution in [2.45, 2.75) is 18.3 Å². The number of nitrogens with zero attached hydrogens (tertiary/aromatic N) is 1. The predicted octanol–water partition coefficient (Wildman–Crippen LogP) is 4.86. The summed E-state index contributed by atoms with van der Waals surface area (Å²) in [6, 6.07) is 13.2. The number of hydrogen-bond acceptors (Lipinski definition) is 5. The van der Waals surface area contributed by atoms with Crippen molar-refractivity contribution in [2.75, 3.05) is 12.1 Å². The van der Waals surface area contributed by atoms with E-state index in [2.05, 4.69) is 10.3 Å². The number of halogens is 1. The number of amides is 1. The molecule has 1 aromatic heterocycles. The summed E-state index contributed by atoms with van der Waals surface area (Å²) in [5, 5.41) is 6.13. The Bertz CT molecular complexity index is 1050. The van der Waals surface area contributed by atoms with Gasteiger partial charge >= 0.3 is 0 Å². The van der Waals surface area contributed by atoms with Gasteiger partial charge in [-0.15, -0.1) is 11.3 Å². The molecule has 2 heterocycles. The lowest BCUT2D eigenvalue weighted by Gasteiger charge is -2.14. The summed E-state index contributed by atoms with van der Waals surface area (Å²) in [5.41, 5.74) is 2.18. The third-order valence-electron chi connectivity index (χ3n) is 4.95. The van der Waals surface area contributed by atoms with Crippen molar-refractivity contribution in [1.29, 1.82) is 0 Å². The first-order valence-corrected chi connectivity index (χ1v) is 9.83. The molecule has 0 bridgehead atoms. The van der Waals surface area contributed by atoms with Gasteiger partial charge in [0.15, 0.2) is 16.6 Å². The normalized spacial score (nSPS) is 16.2. The number of nitrogens with one attached hydrogen (secondary N) is 1. The maximum absolute atomic E-state index is 12.9. The van der Waals surface area contributed by atoms with Crippen LogP contribution < -0.4 is 14.8 Å². The number of thiazole rings is 1. The molecular formula is C20H15ClN2O3S. The third kappa shape index (κ3) is 2.95. The minimum Gasteiger partial charge on any atom is -0.454 e. The molecule has 5 nitrogen and oxygen atoms in total. The van der Waals surface area contributed by atoms with Gasteiger partial charge in [-0.25, -0.2) is 4.98 Å². The van der Waals surface area contributed by atoms with Crippen LogP contribution in [0.3, 0.4) is 0 Å². The third-order valence-corrected chi connectivity index (χ3v) is 5.95. The second-order valence-corrected chi connectivity index (χ2v) is 7.95. The van der Waals surface area contributed by atoms with Crippen LogP contribution in [0.5, 0.6) is 11.5 Å². The van der Waals surface area contributed by atoms with Crippen molar-refractivity contribution in [3.63, 3.8) is 0 Å². The van der Waals surface area contributed by atoms with Gasteiger partial charge in [0, 0.05) is 16.0 Å². The van der Waals surface area contributed by atoms with E-state index in [1.54, 1.807) is 0 Å². The molecule has 1 aliphatic carbocycles. The Morgan fingerprint density at radius 1 is 1.15 bits per heavy atom. The quantitative estimate of drug-likeness (QED) is 0.681. The van der Waals surface area contributed by atoms with Crippen molar-refractivity contribution >= 4 is 34.0 Å². The van der Waals surface area contributed by atoms with Gasteiger partial charge in [0.1, 0.15) is 0 Å². The molecule has 0 atom stereocenters. The zero-order valence-corrected chi connectivity index (χ0v) is 15.8. The first-order chi connectivity index (χ1) is 13.1. The minimum atomic E-state index is -0.491. The van der Waals surface area contributed by atoms with Crippen LogP contribution in [0.15, 0.2) is 47.8 Å². The highest BCUT2D eigenvalue weighted by Crippen LogP contribution is 2.49. The van der Waals surface area contributed by atoms with Gasteiger partial charge in [-0.1, -0.05) is 23.7 Å². The Morgan fingerprint density at radius 3 is 2.81 bits per heavy atom. The van der Waals surface area contributed by atoms with Crippen molar-refractivity contribution < 1.29 is 14.3 Å². The summed E-state index contributed by atoms with van der Waals surface area (Å²) in [6.45, 7) is 0.239. The number of hydrogen-bond donors (Lipinski definition) is 1. The average Bonchev–Trinajstić information content (AvgIpc) is 3.13. The van der Waals surface area contributed by atoms with E-state index in [0.717, 1.165) is 35.4 Å². The lowest BCUT2D eigenvalue weighted by atomic mass is 9.95. The number of benzene rings is 2. The molecular weight excluding hydrogens is 384 g/mol. The highest BCUT2D eigenvalue weighted by molar-refractivity contribution is 7.14. The molecule has 136 valence electrons. The number of anilines is 1. The van der Waals surface area contributed by atoms with E-state index >= 15 is 0 Å². The second-order valence-electron chi connectivity index (χ2n) is 6.65. The largest absolute Gasteiger partial charge is 0.454 e. The topological polar surface area (TPSA) is 60.5 Å². The molecule has 7 heteroatoms. The summed E-state index contributed by atoms with van der Waals surface area (Å²) >= 11 is 7.50. The molecule has 1 amide bonds. The van der Waals surface area contributed by atoms with Crippen LogP contribution in [0, 0.1) is 0 Å². The maximum Gasteiger partial charge on any atom is 0.236 e. The summed E-state index contributed by atoms with van der Waals surface area (Å²) in [7, 11) is 0. The summed E-state index contributed by atoms with van der Waals surface area (Å²) in [4.78, 5) is 17.4. The molecule has 27 heavy (non-hydrogen) atoms. The van der Waals surface area contributed by atoms with Gasteiger partial charge < -0.3 is 14.8 Å². The molecule has 0 unspecified atom stereocenters. The Hall–Kier alpha value is -2.57. The van der Waals surface area contributed by atoms with Crippen LogP contribution in [-0.2, 0) is 10.2 Å². The Kier molecular flexibility index (Phi) is 3.84. The van der Waals surface area contributed by atoms with E-state index in [0.29, 0.717) is 15.9 Å². The van der Waals surface area contributed by atoms with Crippen LogP contribution in [0.25, 0.3) is 11.3 Å². The van der Waals surface area contributed by atoms with Gasteiger partial charge in [0.05, 0.1) is 11.1 Å². The smallest absolute Gasteiger partial charge is 0.236 e. The lowest BCUT2D eigenvalue weighted by molar-refractivity contribution is -0.118. The molecule has 2 aromatic carbocycles. The van der Waals surface area contributed by atoms with E-state index in [9.17, 15) is 4.79 Å². The molecule has 0 radical (unpaired) electrons. The van der Waals surface area contributed by atoms with Crippen LogP contribution in [-0.4, -0.2) is 17.7 Å². The highest BCUT2D eigenvalue weighted by Gasteiger charge is 2.51. The van der Waals surface area contributed by atoms with Crippen LogP contribution in [0.4, 0.5) is 5.13 Å². The number of ether oxygens (including phenoxy) is 2. The number of fused-ring (bicyclic) bond motifs is 1. The number of aromatic nitrogens is 1. The molecule has 1 fully saturated rings. The zero-order valence-electron chi connectivity index (χ0n) is 14.2. The molecule has 0 saturated heterocycles. The predicted molar refractivity (Wildman–Crippen MR) is 105 cm³/mol. The number of carbonyl (C=O) groups is 1. The molecule has 2 aliphatic rings. The van der Waals surface area contributed by atoms with Crippen molar-refractivity contribution in [3.05, 3.63) is 58.4 Å². The van der Waals surface area contributed by atoms with Gasteiger partial charge in [-0.05, 0) is 48.7 Å². The van der Waals surface area contributed by atoms with Gasteiger partial charge in [0.25, 0.3) is 0 Å². The van der Waals surface area contributed by atoms with E-state index in [1.165, 1.54) is 11.3 Å². The van der Waals surface area contributed by atoms with Crippen molar-refractivity contribution in [3.8, 4) is 22.8 Å². The van der Waals surface area contributed by atoms with Gasteiger partial charge in [0.2, 0.25) is 12.7 Å².